The molecule has 132 valence electrons. The van der Waals surface area contributed by atoms with Crippen LogP contribution in [0.2, 0.25) is 0 Å². The lowest BCUT2D eigenvalue weighted by Gasteiger charge is -2.33. The maximum absolute atomic E-state index is 11.7. The largest absolute Gasteiger partial charge is 0.488 e. The van der Waals surface area contributed by atoms with Gasteiger partial charge in [0.25, 0.3) is 5.91 Å². The van der Waals surface area contributed by atoms with Gasteiger partial charge in [0.1, 0.15) is 29.2 Å². The first-order valence-corrected chi connectivity index (χ1v) is 8.47. The molecule has 0 aromatic carbocycles. The Morgan fingerprint density at radius 1 is 1.32 bits per heavy atom. The third-order valence-corrected chi connectivity index (χ3v) is 4.15. The maximum atomic E-state index is 11.7. The monoisotopic (exact) mass is 341 g/mol. The maximum Gasteiger partial charge on any atom is 0.269 e. The highest BCUT2D eigenvalue weighted by molar-refractivity contribution is 5.92. The summed E-state index contributed by atoms with van der Waals surface area (Å²) in [6.45, 7) is 5.60. The minimum Gasteiger partial charge on any atom is -0.488 e. The third kappa shape index (κ3) is 4.23. The number of anilines is 1. The highest BCUT2D eigenvalue weighted by Crippen LogP contribution is 2.22. The SMILES string of the molecule is CNC(=O)c1cc(OC2CCCN(c3cc(C)nc(C)n3)C2)ccn1. The van der Waals surface area contributed by atoms with E-state index in [2.05, 4.69) is 25.2 Å². The number of carbonyl (C=O) groups is 1. The molecule has 3 rings (SSSR count). The van der Waals surface area contributed by atoms with E-state index < -0.39 is 0 Å². The van der Waals surface area contributed by atoms with Gasteiger partial charge >= 0.3 is 0 Å². The molecule has 1 atom stereocenters. The summed E-state index contributed by atoms with van der Waals surface area (Å²) in [4.78, 5) is 26.9. The normalized spacial score (nSPS) is 17.2. The smallest absolute Gasteiger partial charge is 0.269 e. The molecule has 0 bridgehead atoms. The first-order chi connectivity index (χ1) is 12.0. The van der Waals surface area contributed by atoms with Crippen molar-refractivity contribution in [1.82, 2.24) is 20.3 Å². The number of nitrogens with one attached hydrogen (secondary N) is 1. The summed E-state index contributed by atoms with van der Waals surface area (Å²) in [6.07, 6.45) is 3.64. The molecule has 7 nitrogen and oxygen atoms in total. The molecule has 2 aromatic heterocycles. The van der Waals surface area contributed by atoms with Crippen molar-refractivity contribution in [2.24, 2.45) is 0 Å². The van der Waals surface area contributed by atoms with E-state index >= 15 is 0 Å². The summed E-state index contributed by atoms with van der Waals surface area (Å²) >= 11 is 0. The van der Waals surface area contributed by atoms with Crippen LogP contribution in [0, 0.1) is 13.8 Å². The van der Waals surface area contributed by atoms with Gasteiger partial charge in [-0.15, -0.1) is 0 Å². The zero-order valence-electron chi connectivity index (χ0n) is 14.8. The lowest BCUT2D eigenvalue weighted by molar-refractivity contribution is 0.0957. The lowest BCUT2D eigenvalue weighted by atomic mass is 10.1. The van der Waals surface area contributed by atoms with E-state index in [9.17, 15) is 4.79 Å². The number of ether oxygens (including phenoxy) is 1. The Hall–Kier alpha value is -2.70. The first kappa shape index (κ1) is 17.1. The Bertz CT molecular complexity index is 745. The summed E-state index contributed by atoms with van der Waals surface area (Å²) in [5.41, 5.74) is 1.32. The van der Waals surface area contributed by atoms with Crippen molar-refractivity contribution in [3.63, 3.8) is 0 Å². The highest BCUT2D eigenvalue weighted by atomic mass is 16.5. The number of aromatic nitrogens is 3. The average Bonchev–Trinajstić information content (AvgIpc) is 2.60. The number of rotatable bonds is 4. The predicted molar refractivity (Wildman–Crippen MR) is 95.0 cm³/mol. The number of hydrogen-bond acceptors (Lipinski definition) is 6. The Labute approximate surface area is 147 Å². The van der Waals surface area contributed by atoms with Gasteiger partial charge in [-0.2, -0.15) is 0 Å². The fraction of sp³-hybridized carbons (Fsp3) is 0.444. The van der Waals surface area contributed by atoms with E-state index in [1.807, 2.05) is 19.9 Å². The number of piperidine rings is 1. The van der Waals surface area contributed by atoms with Crippen LogP contribution in [0.3, 0.4) is 0 Å². The van der Waals surface area contributed by atoms with Crippen LogP contribution < -0.4 is 15.0 Å². The van der Waals surface area contributed by atoms with Crippen molar-refractivity contribution in [1.29, 1.82) is 0 Å². The summed E-state index contributed by atoms with van der Waals surface area (Å²) in [6, 6.07) is 5.46. The van der Waals surface area contributed by atoms with Crippen LogP contribution in [0.5, 0.6) is 5.75 Å². The van der Waals surface area contributed by atoms with Gasteiger partial charge in [-0.05, 0) is 32.8 Å². The molecule has 0 saturated carbocycles. The highest BCUT2D eigenvalue weighted by Gasteiger charge is 2.23. The molecule has 0 radical (unpaired) electrons. The fourth-order valence-electron chi connectivity index (χ4n) is 3.03. The Kier molecular flexibility index (Phi) is 5.11. The Balaban J connectivity index is 1.70. The van der Waals surface area contributed by atoms with E-state index in [1.54, 1.807) is 25.4 Å². The summed E-state index contributed by atoms with van der Waals surface area (Å²) < 4.78 is 6.10. The molecule has 0 aliphatic carbocycles. The quantitative estimate of drug-likeness (QED) is 0.915. The van der Waals surface area contributed by atoms with Crippen molar-refractivity contribution < 1.29 is 9.53 Å². The summed E-state index contributed by atoms with van der Waals surface area (Å²) in [5.74, 6) is 2.17. The molecule has 1 aliphatic rings. The van der Waals surface area contributed by atoms with E-state index in [-0.39, 0.29) is 12.0 Å². The second-order valence-electron chi connectivity index (χ2n) is 6.20. The molecular weight excluding hydrogens is 318 g/mol. The third-order valence-electron chi connectivity index (χ3n) is 4.15. The molecule has 1 fully saturated rings. The van der Waals surface area contributed by atoms with Crippen LogP contribution in [0.4, 0.5) is 5.82 Å². The molecular formula is C18H23N5O2. The Morgan fingerprint density at radius 3 is 2.92 bits per heavy atom. The number of amides is 1. The van der Waals surface area contributed by atoms with Crippen LogP contribution in [0.25, 0.3) is 0 Å². The minimum atomic E-state index is -0.220. The van der Waals surface area contributed by atoms with E-state index in [0.29, 0.717) is 11.4 Å². The van der Waals surface area contributed by atoms with Crippen LogP contribution >= 0.6 is 0 Å². The van der Waals surface area contributed by atoms with Gasteiger partial charge in [-0.25, -0.2) is 9.97 Å². The predicted octanol–water partition coefficient (Wildman–Crippen LogP) is 1.90. The molecule has 1 N–H and O–H groups in total. The number of aryl methyl sites for hydroxylation is 2. The standard InChI is InChI=1S/C18H23N5O2/c1-12-9-17(22-13(2)21-12)23-8-4-5-15(11-23)25-14-6-7-20-16(10-14)18(24)19-3/h6-7,9-10,15H,4-5,8,11H2,1-3H3,(H,19,24). The Morgan fingerprint density at radius 2 is 2.16 bits per heavy atom. The van der Waals surface area contributed by atoms with Gasteiger partial charge in [0.05, 0.1) is 6.54 Å². The summed E-state index contributed by atoms with van der Waals surface area (Å²) in [7, 11) is 1.59. The zero-order chi connectivity index (χ0) is 17.8. The van der Waals surface area contributed by atoms with Crippen molar-refractivity contribution in [2.75, 3.05) is 25.0 Å². The fourth-order valence-corrected chi connectivity index (χ4v) is 3.03. The van der Waals surface area contributed by atoms with Crippen molar-refractivity contribution in [3.05, 3.63) is 41.6 Å². The van der Waals surface area contributed by atoms with Crippen molar-refractivity contribution >= 4 is 11.7 Å². The molecule has 7 heteroatoms. The van der Waals surface area contributed by atoms with Crippen molar-refractivity contribution in [2.45, 2.75) is 32.8 Å². The number of nitrogens with zero attached hydrogens (tertiary/aromatic N) is 4. The van der Waals surface area contributed by atoms with Crippen LogP contribution in [0.15, 0.2) is 24.4 Å². The number of hydrogen-bond donors (Lipinski definition) is 1. The molecule has 0 spiro atoms. The topological polar surface area (TPSA) is 80.2 Å². The van der Waals surface area contributed by atoms with Crippen LogP contribution in [-0.2, 0) is 0 Å². The van der Waals surface area contributed by atoms with Gasteiger partial charge in [0.15, 0.2) is 0 Å². The molecule has 3 heterocycles. The van der Waals surface area contributed by atoms with Crippen LogP contribution in [-0.4, -0.2) is 47.1 Å². The van der Waals surface area contributed by atoms with E-state index in [4.69, 9.17) is 4.74 Å². The molecule has 2 aromatic rings. The molecule has 1 unspecified atom stereocenters. The van der Waals surface area contributed by atoms with E-state index in [0.717, 1.165) is 43.3 Å². The first-order valence-electron chi connectivity index (χ1n) is 8.47. The number of carbonyl (C=O) groups excluding carboxylic acids is 1. The average molecular weight is 341 g/mol. The van der Waals surface area contributed by atoms with Gasteiger partial charge in [-0.3, -0.25) is 9.78 Å². The second kappa shape index (κ2) is 7.46. The van der Waals surface area contributed by atoms with E-state index in [1.165, 1.54) is 0 Å². The lowest BCUT2D eigenvalue weighted by Crippen LogP contribution is -2.41. The van der Waals surface area contributed by atoms with Crippen LogP contribution in [0.1, 0.15) is 34.8 Å². The van der Waals surface area contributed by atoms with Crippen molar-refractivity contribution in [3.8, 4) is 5.75 Å². The van der Waals surface area contributed by atoms with Gasteiger partial charge in [0.2, 0.25) is 0 Å². The zero-order valence-corrected chi connectivity index (χ0v) is 14.8. The second-order valence-corrected chi connectivity index (χ2v) is 6.20. The molecule has 1 amide bonds. The minimum absolute atomic E-state index is 0.0456. The number of pyridine rings is 1. The van der Waals surface area contributed by atoms with Gasteiger partial charge < -0.3 is 15.0 Å². The summed E-state index contributed by atoms with van der Waals surface area (Å²) in [5, 5.41) is 2.57. The molecule has 25 heavy (non-hydrogen) atoms. The van der Waals surface area contributed by atoms with Gasteiger partial charge in [-0.1, -0.05) is 0 Å². The van der Waals surface area contributed by atoms with Gasteiger partial charge in [0, 0.05) is 37.6 Å². The molecule has 1 aliphatic heterocycles. The molecule has 1 saturated heterocycles.